The van der Waals surface area contributed by atoms with E-state index in [0.29, 0.717) is 19.5 Å². The molecule has 3 rings (SSSR count). The number of hydrogen-bond donors (Lipinski definition) is 3. The van der Waals surface area contributed by atoms with Gasteiger partial charge in [-0.3, -0.25) is 24.1 Å². The molecule has 9 nitrogen and oxygen atoms in total. The van der Waals surface area contributed by atoms with E-state index in [0.717, 1.165) is 0 Å². The van der Waals surface area contributed by atoms with Crippen molar-refractivity contribution in [1.29, 1.82) is 0 Å². The summed E-state index contributed by atoms with van der Waals surface area (Å²) in [5.74, 6) is -1.21. The van der Waals surface area contributed by atoms with Gasteiger partial charge in [-0.15, -0.1) is 0 Å². The van der Waals surface area contributed by atoms with Gasteiger partial charge < -0.3 is 21.3 Å². The van der Waals surface area contributed by atoms with Crippen LogP contribution in [0.3, 0.4) is 0 Å². The molecule has 0 unspecified atom stereocenters. The number of amides is 4. The number of nitrogens with two attached hydrogens (primary N) is 1. The standard InChI is InChI=1S/C23H39N5O4/c1-12(2)27(13(3)4)11-17(29)28-10-15-18(23(15,5)6)19(28)22(32)26-16(20(24)30)9-14-7-8-25-21(14)31/h12-16,18-19H,7-11H2,1-6H3,(H2,24,30)(H,25,31)(H,26,32)/t14-,15-,16-,18-,19-/m0/s1. The molecule has 4 amide bonds. The van der Waals surface area contributed by atoms with Crippen LogP contribution in [0.2, 0.25) is 0 Å². The van der Waals surface area contributed by atoms with E-state index < -0.39 is 18.0 Å². The third-order valence-corrected chi connectivity index (χ3v) is 7.78. The highest BCUT2D eigenvalue weighted by Crippen LogP contribution is 2.64. The van der Waals surface area contributed by atoms with Crippen LogP contribution in [0.1, 0.15) is 54.4 Å². The Balaban J connectivity index is 1.74. The third kappa shape index (κ3) is 4.63. The third-order valence-electron chi connectivity index (χ3n) is 7.78. The van der Waals surface area contributed by atoms with Gasteiger partial charge in [0.15, 0.2) is 0 Å². The molecule has 1 saturated carbocycles. The van der Waals surface area contributed by atoms with Crippen LogP contribution < -0.4 is 16.4 Å². The van der Waals surface area contributed by atoms with E-state index in [4.69, 9.17) is 5.73 Å². The van der Waals surface area contributed by atoms with E-state index in [-0.39, 0.29) is 65.9 Å². The summed E-state index contributed by atoms with van der Waals surface area (Å²) in [6.45, 7) is 13.8. The van der Waals surface area contributed by atoms with Crippen LogP contribution in [-0.2, 0) is 19.2 Å². The zero-order valence-electron chi connectivity index (χ0n) is 20.2. The molecule has 1 aliphatic carbocycles. The molecule has 0 aromatic rings. The average Bonchev–Trinajstić information content (AvgIpc) is 3.06. The fourth-order valence-corrected chi connectivity index (χ4v) is 5.71. The van der Waals surface area contributed by atoms with E-state index in [1.54, 1.807) is 4.90 Å². The SMILES string of the molecule is CC(C)N(CC(=O)N1C[C@H]2[C@@H]([C@H]1C(=O)N[C@@H](C[C@@H]1CCNC1=O)C(N)=O)C2(C)C)C(C)C. The van der Waals surface area contributed by atoms with Crippen LogP contribution in [0, 0.1) is 23.2 Å². The van der Waals surface area contributed by atoms with E-state index in [2.05, 4.69) is 57.1 Å². The smallest absolute Gasteiger partial charge is 0.243 e. The van der Waals surface area contributed by atoms with Crippen LogP contribution in [0.25, 0.3) is 0 Å². The molecule has 5 atom stereocenters. The number of carbonyl (C=O) groups excluding carboxylic acids is 4. The van der Waals surface area contributed by atoms with Crippen LogP contribution in [0.4, 0.5) is 0 Å². The molecule has 2 heterocycles. The van der Waals surface area contributed by atoms with Gasteiger partial charge in [-0.25, -0.2) is 0 Å². The second-order valence-electron chi connectivity index (χ2n) is 10.8. The number of nitrogens with one attached hydrogen (secondary N) is 2. The number of nitrogens with zero attached hydrogens (tertiary/aromatic N) is 2. The largest absolute Gasteiger partial charge is 0.368 e. The zero-order valence-corrected chi connectivity index (χ0v) is 20.2. The first-order chi connectivity index (χ1) is 14.9. The minimum absolute atomic E-state index is 0.0257. The molecule has 9 heteroatoms. The van der Waals surface area contributed by atoms with Crippen molar-refractivity contribution >= 4 is 23.6 Å². The summed E-state index contributed by atoms with van der Waals surface area (Å²) in [5, 5.41) is 5.53. The lowest BCUT2D eigenvalue weighted by Crippen LogP contribution is -2.56. The van der Waals surface area contributed by atoms with Crippen molar-refractivity contribution in [1.82, 2.24) is 20.4 Å². The summed E-state index contributed by atoms with van der Waals surface area (Å²) in [7, 11) is 0. The number of hydrogen-bond acceptors (Lipinski definition) is 5. The summed E-state index contributed by atoms with van der Waals surface area (Å²) in [6, 6.07) is -1.15. The fraction of sp³-hybridized carbons (Fsp3) is 0.826. The van der Waals surface area contributed by atoms with Crippen LogP contribution in [0.5, 0.6) is 0 Å². The first-order valence-corrected chi connectivity index (χ1v) is 11.8. The minimum Gasteiger partial charge on any atom is -0.368 e. The summed E-state index contributed by atoms with van der Waals surface area (Å²) >= 11 is 0. The molecule has 4 N–H and O–H groups in total. The van der Waals surface area contributed by atoms with Gasteiger partial charge in [-0.1, -0.05) is 13.8 Å². The van der Waals surface area contributed by atoms with Gasteiger partial charge >= 0.3 is 0 Å². The molecule has 3 fully saturated rings. The van der Waals surface area contributed by atoms with Crippen molar-refractivity contribution in [2.75, 3.05) is 19.6 Å². The Morgan fingerprint density at radius 2 is 1.84 bits per heavy atom. The monoisotopic (exact) mass is 449 g/mol. The normalized spacial score (nSPS) is 29.3. The van der Waals surface area contributed by atoms with E-state index in [1.807, 2.05) is 0 Å². The van der Waals surface area contributed by atoms with Gasteiger partial charge in [0.25, 0.3) is 0 Å². The fourth-order valence-electron chi connectivity index (χ4n) is 5.71. The van der Waals surface area contributed by atoms with Crippen LogP contribution in [-0.4, -0.2) is 77.2 Å². The lowest BCUT2D eigenvalue weighted by Gasteiger charge is -2.35. The van der Waals surface area contributed by atoms with Gasteiger partial charge in [0.2, 0.25) is 23.6 Å². The Morgan fingerprint density at radius 1 is 1.22 bits per heavy atom. The molecular weight excluding hydrogens is 410 g/mol. The molecule has 0 radical (unpaired) electrons. The Morgan fingerprint density at radius 3 is 2.34 bits per heavy atom. The highest BCUT2D eigenvalue weighted by atomic mass is 16.2. The summed E-state index contributed by atoms with van der Waals surface area (Å²) in [4.78, 5) is 54.4. The Labute approximate surface area is 190 Å². The first kappa shape index (κ1) is 24.5. The Bertz CT molecular complexity index is 772. The number of primary amides is 1. The van der Waals surface area contributed by atoms with Crippen molar-refractivity contribution in [3.05, 3.63) is 0 Å². The van der Waals surface area contributed by atoms with Crippen LogP contribution >= 0.6 is 0 Å². The van der Waals surface area contributed by atoms with Gasteiger partial charge in [0, 0.05) is 31.1 Å². The summed E-state index contributed by atoms with van der Waals surface area (Å²) in [5.41, 5.74) is 5.53. The van der Waals surface area contributed by atoms with E-state index in [1.165, 1.54) is 0 Å². The predicted molar refractivity (Wildman–Crippen MR) is 120 cm³/mol. The topological polar surface area (TPSA) is 125 Å². The molecule has 0 bridgehead atoms. The van der Waals surface area contributed by atoms with Gasteiger partial charge in [0.1, 0.15) is 12.1 Å². The number of fused-ring (bicyclic) bond motifs is 1. The lowest BCUT2D eigenvalue weighted by atomic mass is 9.96. The van der Waals surface area contributed by atoms with Gasteiger partial charge in [0.05, 0.1) is 6.54 Å². The van der Waals surface area contributed by atoms with Crippen molar-refractivity contribution in [2.24, 2.45) is 28.9 Å². The quantitative estimate of drug-likeness (QED) is 0.460. The van der Waals surface area contributed by atoms with Crippen LogP contribution in [0.15, 0.2) is 0 Å². The zero-order chi connectivity index (χ0) is 24.0. The predicted octanol–water partition coefficient (Wildman–Crippen LogP) is 0.0845. The van der Waals surface area contributed by atoms with Crippen molar-refractivity contribution in [3.8, 4) is 0 Å². The molecule has 0 spiro atoms. The maximum Gasteiger partial charge on any atom is 0.243 e. The highest BCUT2D eigenvalue weighted by Gasteiger charge is 2.69. The van der Waals surface area contributed by atoms with Gasteiger partial charge in [-0.05, 0) is 57.8 Å². The molecule has 2 saturated heterocycles. The number of likely N-dealkylation sites (tertiary alicyclic amines) is 1. The molecule has 2 aliphatic heterocycles. The number of carbonyl (C=O) groups is 4. The molecule has 3 aliphatic rings. The number of rotatable bonds is 9. The average molecular weight is 450 g/mol. The Kier molecular flexibility index (Phi) is 6.88. The van der Waals surface area contributed by atoms with Crippen molar-refractivity contribution in [3.63, 3.8) is 0 Å². The minimum atomic E-state index is -0.933. The molecule has 0 aromatic carbocycles. The van der Waals surface area contributed by atoms with Gasteiger partial charge in [-0.2, -0.15) is 0 Å². The van der Waals surface area contributed by atoms with Crippen molar-refractivity contribution < 1.29 is 19.2 Å². The molecule has 0 aromatic heterocycles. The summed E-state index contributed by atoms with van der Waals surface area (Å²) < 4.78 is 0. The van der Waals surface area contributed by atoms with Crippen molar-refractivity contribution in [2.45, 2.75) is 78.6 Å². The highest BCUT2D eigenvalue weighted by molar-refractivity contribution is 5.93. The maximum atomic E-state index is 13.4. The van der Waals surface area contributed by atoms with E-state index in [9.17, 15) is 19.2 Å². The summed E-state index contributed by atoms with van der Waals surface area (Å²) in [6.07, 6.45) is 0.796. The molecule has 180 valence electrons. The molecular formula is C23H39N5O4. The number of piperidine rings is 1. The second-order valence-corrected chi connectivity index (χ2v) is 10.8. The lowest BCUT2D eigenvalue weighted by molar-refractivity contribution is -0.142. The van der Waals surface area contributed by atoms with E-state index >= 15 is 0 Å². The Hall–Kier alpha value is -2.16. The maximum absolute atomic E-state index is 13.4. The second kappa shape index (κ2) is 9.00. The first-order valence-electron chi connectivity index (χ1n) is 11.8. The molecule has 32 heavy (non-hydrogen) atoms.